The fourth-order valence-electron chi connectivity index (χ4n) is 0. The molecular weight excluding hydrogens is 164 g/mol. The van der Waals surface area contributed by atoms with E-state index in [4.69, 9.17) is 26.8 Å². The Hall–Kier alpha value is 0.0800. The van der Waals surface area contributed by atoms with Gasteiger partial charge in [0.2, 0.25) is 0 Å². The summed E-state index contributed by atoms with van der Waals surface area (Å²) in [5.41, 5.74) is 0. The summed E-state index contributed by atoms with van der Waals surface area (Å²) in [6.07, 6.45) is 0. The van der Waals surface area contributed by atoms with Crippen molar-refractivity contribution in [1.82, 2.24) is 0 Å². The number of halogens is 1. The predicted octanol–water partition coefficient (Wildman–Crippen LogP) is -2.40. The molecule has 8 heteroatoms. The largest absolute Gasteiger partial charge is 0.506 e. The molecule has 0 aliphatic heterocycles. The first kappa shape index (κ1) is 11.0. The second-order valence-electron chi connectivity index (χ2n) is 0.517. The summed E-state index contributed by atoms with van der Waals surface area (Å²) in [7, 11) is -4.67. The van der Waals surface area contributed by atoms with Crippen molar-refractivity contribution in [2.45, 2.75) is 0 Å². The van der Waals surface area contributed by atoms with Crippen molar-refractivity contribution < 1.29 is 38.2 Å². The lowest BCUT2D eigenvalue weighted by Crippen LogP contribution is -1.94. The summed E-state index contributed by atoms with van der Waals surface area (Å²) < 4.78 is 46.8. The summed E-state index contributed by atoms with van der Waals surface area (Å²) in [6.45, 7) is 0. The van der Waals surface area contributed by atoms with Gasteiger partial charge in [-0.15, -0.1) is 4.66 Å². The van der Waals surface area contributed by atoms with E-state index in [1.165, 1.54) is 0 Å². The van der Waals surface area contributed by atoms with Crippen LogP contribution in [0.2, 0.25) is 0 Å². The average molecular weight is 167 g/mol. The average Bonchev–Trinajstić information content (AvgIpc) is 1.27. The fourth-order valence-corrected chi connectivity index (χ4v) is 0. The second kappa shape index (κ2) is 5.22. The van der Waals surface area contributed by atoms with Crippen LogP contribution in [0.4, 0.5) is 0 Å². The van der Waals surface area contributed by atoms with E-state index in [1.54, 1.807) is 0 Å². The Labute approximate surface area is 49.4 Å². The third-order valence-corrected chi connectivity index (χ3v) is 0. The van der Waals surface area contributed by atoms with Crippen molar-refractivity contribution in [3.8, 4) is 0 Å². The van der Waals surface area contributed by atoms with E-state index in [0.29, 0.717) is 0 Å². The van der Waals surface area contributed by atoms with Crippen LogP contribution in [0, 0.1) is 11.3 Å². The predicted molar refractivity (Wildman–Crippen MR) is 16.4 cm³/mol. The Balaban J connectivity index is 0. The second-order valence-corrected chi connectivity index (χ2v) is 1.55. The van der Waals surface area contributed by atoms with Gasteiger partial charge >= 0.3 is 21.7 Å². The van der Waals surface area contributed by atoms with Crippen LogP contribution in [0.1, 0.15) is 0 Å². The number of hydrogen-bond acceptors (Lipinski definition) is 4. The van der Waals surface area contributed by atoms with Gasteiger partial charge in [0.15, 0.2) is 0 Å². The monoisotopic (exact) mass is 166 g/mol. The molecule has 0 unspecified atom stereocenters. The van der Waals surface area contributed by atoms with Gasteiger partial charge in [0.05, 0.1) is 0 Å². The maximum atomic E-state index is 8.74. The minimum atomic E-state index is -4.67. The topological polar surface area (TPSA) is 118 Å². The highest BCUT2D eigenvalue weighted by Crippen LogP contribution is 1.59. The highest BCUT2D eigenvalue weighted by molar-refractivity contribution is 7.79. The van der Waals surface area contributed by atoms with Crippen molar-refractivity contribution in [2.24, 2.45) is 0 Å². The van der Waals surface area contributed by atoms with Gasteiger partial charge in [0, 0.05) is 0 Å². The highest BCUT2D eigenvalue weighted by atomic mass is 35.6. The molecule has 0 heterocycles. The maximum Gasteiger partial charge on any atom is 0.394 e. The quantitative estimate of drug-likeness (QED) is 0.345. The lowest BCUT2D eigenvalue weighted by Gasteiger charge is -1.68. The smallest absolute Gasteiger partial charge is 0.394 e. The minimum Gasteiger partial charge on any atom is -0.506 e. The molecule has 0 bridgehead atoms. The molecule has 0 amide bonds. The van der Waals surface area contributed by atoms with Gasteiger partial charge in [0.25, 0.3) is 0 Å². The van der Waals surface area contributed by atoms with Crippen molar-refractivity contribution >= 4 is 10.4 Å². The Morgan fingerprint density at radius 3 is 1.38 bits per heavy atom. The summed E-state index contributed by atoms with van der Waals surface area (Å²) in [6, 6.07) is 0. The first-order chi connectivity index (χ1) is 3.41. The molecule has 0 atom stereocenters. The molecule has 0 aliphatic carbocycles. The minimum absolute atomic E-state index is 0.167. The van der Waals surface area contributed by atoms with Crippen LogP contribution >= 0.6 is 0 Å². The molecule has 0 aromatic carbocycles. The van der Waals surface area contributed by atoms with Crippen LogP contribution < -0.4 is 4.66 Å². The van der Waals surface area contributed by atoms with Crippen molar-refractivity contribution in [1.29, 1.82) is 0 Å². The summed E-state index contributed by atoms with van der Waals surface area (Å²) in [5, 5.41) is 0. The normalized spacial score (nSPS) is 9.50. The first-order valence-electron chi connectivity index (χ1n) is 1.02. The van der Waals surface area contributed by atoms with E-state index in [1.807, 2.05) is 0 Å². The molecule has 52 valence electrons. The first-order valence-corrected chi connectivity index (χ1v) is 3.07. The third-order valence-electron chi connectivity index (χ3n) is 0. The van der Waals surface area contributed by atoms with E-state index in [2.05, 4.69) is 0 Å². The fraction of sp³-hybridized carbons (Fsp3) is 0. The standard InChI is InChI=1S/ClHO2.H2O4S/c2-1-3;1-5(2,3)4/h2H;(H2,1,2,3,4). The van der Waals surface area contributed by atoms with Gasteiger partial charge in [-0.25, -0.2) is 0 Å². The molecule has 0 radical (unpaired) electrons. The molecule has 0 fully saturated rings. The Morgan fingerprint density at radius 1 is 1.38 bits per heavy atom. The molecule has 0 rings (SSSR count). The molecule has 8 heavy (non-hydrogen) atoms. The van der Waals surface area contributed by atoms with Gasteiger partial charge in [-0.2, -0.15) is 8.42 Å². The van der Waals surface area contributed by atoms with Crippen LogP contribution in [0.25, 0.3) is 0 Å². The number of rotatable bonds is 0. The SMILES string of the molecule is O=S(=O)(O)O.[O-][Cl+]O. The third kappa shape index (κ3) is 24500. The van der Waals surface area contributed by atoms with E-state index in [0.717, 1.165) is 0 Å². The lowest BCUT2D eigenvalue weighted by atomic mass is 15.8. The van der Waals surface area contributed by atoms with Crippen LogP contribution in [-0.4, -0.2) is 22.2 Å². The summed E-state index contributed by atoms with van der Waals surface area (Å²) >= 11 is -0.167. The van der Waals surface area contributed by atoms with Gasteiger partial charge in [-0.05, 0) is 0 Å². The van der Waals surface area contributed by atoms with Gasteiger partial charge in [-0.1, -0.05) is 0 Å². The van der Waals surface area contributed by atoms with Crippen LogP contribution in [0.5, 0.6) is 0 Å². The molecule has 0 saturated carbocycles. The zero-order valence-corrected chi connectivity index (χ0v) is 4.93. The van der Waals surface area contributed by atoms with Gasteiger partial charge in [0.1, 0.15) is 0 Å². The molecule has 0 aromatic rings. The van der Waals surface area contributed by atoms with Gasteiger partial charge < -0.3 is 4.66 Å². The van der Waals surface area contributed by atoms with E-state index in [-0.39, 0.29) is 11.3 Å². The molecule has 6 nitrogen and oxygen atoms in total. The number of hydrogen-bond donors (Lipinski definition) is 3. The highest BCUT2D eigenvalue weighted by Gasteiger charge is 1.84. The molecular formula is H3ClO6S. The molecule has 3 N–H and O–H groups in total. The zero-order chi connectivity index (χ0) is 7.21. The van der Waals surface area contributed by atoms with Crippen molar-refractivity contribution in [3.63, 3.8) is 0 Å². The molecule has 0 aliphatic rings. The summed E-state index contributed by atoms with van der Waals surface area (Å²) in [5.74, 6) is 0. The molecule has 0 spiro atoms. The van der Waals surface area contributed by atoms with Crippen molar-refractivity contribution in [3.05, 3.63) is 0 Å². The van der Waals surface area contributed by atoms with Crippen molar-refractivity contribution in [2.75, 3.05) is 0 Å². The Bertz CT molecular complexity index is 102. The Kier molecular flexibility index (Phi) is 7.15. The van der Waals surface area contributed by atoms with Crippen LogP contribution in [0.3, 0.4) is 0 Å². The van der Waals surface area contributed by atoms with E-state index in [9.17, 15) is 0 Å². The maximum absolute atomic E-state index is 8.74. The van der Waals surface area contributed by atoms with Crippen LogP contribution in [0.15, 0.2) is 0 Å². The van der Waals surface area contributed by atoms with Gasteiger partial charge in [-0.3, -0.25) is 9.11 Å². The molecule has 0 aromatic heterocycles. The zero-order valence-electron chi connectivity index (χ0n) is 3.35. The summed E-state index contributed by atoms with van der Waals surface area (Å²) in [4.78, 5) is 0. The van der Waals surface area contributed by atoms with E-state index < -0.39 is 10.4 Å². The van der Waals surface area contributed by atoms with Crippen LogP contribution in [-0.2, 0) is 10.4 Å². The van der Waals surface area contributed by atoms with E-state index >= 15 is 0 Å². The molecule has 0 saturated heterocycles. The lowest BCUT2D eigenvalue weighted by molar-refractivity contribution is -1.27. The Morgan fingerprint density at radius 2 is 1.38 bits per heavy atom.